The maximum Gasteiger partial charge on any atom is 0.225 e. The van der Waals surface area contributed by atoms with Gasteiger partial charge < -0.3 is 10.2 Å². The van der Waals surface area contributed by atoms with Crippen molar-refractivity contribution < 1.29 is 9.59 Å². The lowest BCUT2D eigenvalue weighted by Gasteiger charge is -2.37. The minimum Gasteiger partial charge on any atom is -0.356 e. The lowest BCUT2D eigenvalue weighted by Crippen LogP contribution is -2.50. The van der Waals surface area contributed by atoms with E-state index in [1.807, 2.05) is 0 Å². The largest absolute Gasteiger partial charge is 0.356 e. The molecule has 2 atom stereocenters. The molecule has 1 aliphatic heterocycles. The number of hydrogen-bond acceptors (Lipinski definition) is 2. The van der Waals surface area contributed by atoms with Crippen molar-refractivity contribution in [3.8, 4) is 0 Å². The van der Waals surface area contributed by atoms with E-state index >= 15 is 0 Å². The Balaban J connectivity index is 1.75. The van der Waals surface area contributed by atoms with Crippen molar-refractivity contribution in [1.29, 1.82) is 0 Å². The van der Waals surface area contributed by atoms with Crippen molar-refractivity contribution in [3.63, 3.8) is 0 Å². The number of nitrogens with one attached hydrogen (secondary N) is 1. The number of nitrogens with zero attached hydrogens (tertiary/aromatic N) is 1. The molecule has 2 unspecified atom stereocenters. The molecule has 4 heteroatoms. The van der Waals surface area contributed by atoms with Gasteiger partial charge in [-0.3, -0.25) is 9.59 Å². The van der Waals surface area contributed by atoms with Crippen molar-refractivity contribution in [3.05, 3.63) is 0 Å². The summed E-state index contributed by atoms with van der Waals surface area (Å²) in [5.74, 6) is 0.808. The zero-order valence-electron chi connectivity index (χ0n) is 13.0. The second kappa shape index (κ2) is 6.80. The fraction of sp³-hybridized carbons (Fsp3) is 0.882. The smallest absolute Gasteiger partial charge is 0.225 e. The maximum absolute atomic E-state index is 12.8. The quantitative estimate of drug-likeness (QED) is 0.807. The molecule has 118 valence electrons. The van der Waals surface area contributed by atoms with Crippen LogP contribution < -0.4 is 5.32 Å². The Morgan fingerprint density at radius 2 is 1.71 bits per heavy atom. The summed E-state index contributed by atoms with van der Waals surface area (Å²) in [6.07, 6.45) is 10.8. The van der Waals surface area contributed by atoms with Gasteiger partial charge in [-0.1, -0.05) is 25.7 Å². The molecule has 2 amide bonds. The van der Waals surface area contributed by atoms with E-state index in [0.717, 1.165) is 64.5 Å². The van der Waals surface area contributed by atoms with Gasteiger partial charge >= 0.3 is 0 Å². The van der Waals surface area contributed by atoms with E-state index in [1.165, 1.54) is 12.8 Å². The van der Waals surface area contributed by atoms with E-state index in [9.17, 15) is 9.59 Å². The van der Waals surface area contributed by atoms with Crippen LogP contribution in [0.5, 0.6) is 0 Å². The number of hydrogen-bond donors (Lipinski definition) is 1. The average molecular weight is 292 g/mol. The minimum absolute atomic E-state index is 0.0344. The van der Waals surface area contributed by atoms with Gasteiger partial charge in [0.1, 0.15) is 0 Å². The molecule has 0 aromatic rings. The zero-order chi connectivity index (χ0) is 14.7. The van der Waals surface area contributed by atoms with Crippen LogP contribution in [0.3, 0.4) is 0 Å². The second-order valence-corrected chi connectivity index (χ2v) is 6.97. The highest BCUT2D eigenvalue weighted by atomic mass is 16.2. The van der Waals surface area contributed by atoms with Crippen molar-refractivity contribution in [2.45, 2.75) is 70.3 Å². The van der Waals surface area contributed by atoms with E-state index in [-0.39, 0.29) is 23.8 Å². The number of amides is 2. The summed E-state index contributed by atoms with van der Waals surface area (Å²) in [7, 11) is 0. The van der Waals surface area contributed by atoms with Crippen molar-refractivity contribution >= 4 is 11.8 Å². The van der Waals surface area contributed by atoms with E-state index in [2.05, 4.69) is 10.2 Å². The van der Waals surface area contributed by atoms with Crippen molar-refractivity contribution in [2.75, 3.05) is 13.1 Å². The molecule has 0 aromatic heterocycles. The number of carbonyl (C=O) groups excluding carboxylic acids is 2. The van der Waals surface area contributed by atoms with Crippen LogP contribution >= 0.6 is 0 Å². The van der Waals surface area contributed by atoms with E-state index in [1.54, 1.807) is 0 Å². The van der Waals surface area contributed by atoms with Crippen LogP contribution in [0, 0.1) is 11.8 Å². The van der Waals surface area contributed by atoms with Crippen LogP contribution in [-0.2, 0) is 9.59 Å². The Hall–Kier alpha value is -1.06. The third-order valence-corrected chi connectivity index (χ3v) is 5.58. The minimum atomic E-state index is 0.0344. The Bertz CT molecular complexity index is 392. The third-order valence-electron chi connectivity index (χ3n) is 5.58. The molecule has 21 heavy (non-hydrogen) atoms. The van der Waals surface area contributed by atoms with Crippen LogP contribution in [0.2, 0.25) is 0 Å². The van der Waals surface area contributed by atoms with Crippen LogP contribution in [0.1, 0.15) is 64.2 Å². The summed E-state index contributed by atoms with van der Waals surface area (Å²) in [6, 6.07) is 0.163. The van der Waals surface area contributed by atoms with Gasteiger partial charge in [-0.05, 0) is 38.5 Å². The summed E-state index contributed by atoms with van der Waals surface area (Å²) >= 11 is 0. The Morgan fingerprint density at radius 3 is 2.48 bits per heavy atom. The molecule has 4 nitrogen and oxygen atoms in total. The van der Waals surface area contributed by atoms with E-state index in [4.69, 9.17) is 0 Å². The lowest BCUT2D eigenvalue weighted by molar-refractivity contribution is -0.142. The van der Waals surface area contributed by atoms with Gasteiger partial charge in [0.05, 0.1) is 5.92 Å². The first-order chi connectivity index (χ1) is 10.3. The molecule has 0 radical (unpaired) electrons. The summed E-state index contributed by atoms with van der Waals surface area (Å²) in [4.78, 5) is 27.3. The Morgan fingerprint density at radius 1 is 0.952 bits per heavy atom. The van der Waals surface area contributed by atoms with Gasteiger partial charge in [0.2, 0.25) is 11.8 Å². The van der Waals surface area contributed by atoms with Crippen LogP contribution in [-0.4, -0.2) is 35.8 Å². The van der Waals surface area contributed by atoms with Gasteiger partial charge in [0, 0.05) is 25.0 Å². The fourth-order valence-corrected chi connectivity index (χ4v) is 4.05. The standard InChI is InChI=1S/C17H28N2O2/c20-16-14-9-6-10-15(14)19(17(21)13-7-5-8-13)12-4-2-1-3-11-18-16/h13-15H,1-12H2,(H,18,20). The van der Waals surface area contributed by atoms with Crippen LogP contribution in [0.25, 0.3) is 0 Å². The summed E-state index contributed by atoms with van der Waals surface area (Å²) in [5.41, 5.74) is 0. The number of rotatable bonds is 1. The normalized spacial score (nSPS) is 31.8. The van der Waals surface area contributed by atoms with Crippen LogP contribution in [0.15, 0.2) is 0 Å². The van der Waals surface area contributed by atoms with E-state index in [0.29, 0.717) is 5.91 Å². The molecule has 1 N–H and O–H groups in total. The van der Waals surface area contributed by atoms with Gasteiger partial charge in [-0.25, -0.2) is 0 Å². The first-order valence-corrected chi connectivity index (χ1v) is 8.85. The average Bonchev–Trinajstić information content (AvgIpc) is 2.87. The van der Waals surface area contributed by atoms with Crippen molar-refractivity contribution in [2.24, 2.45) is 11.8 Å². The Kier molecular flexibility index (Phi) is 4.81. The molecular formula is C17H28N2O2. The van der Waals surface area contributed by atoms with Gasteiger partial charge in [0.25, 0.3) is 0 Å². The van der Waals surface area contributed by atoms with Gasteiger partial charge in [-0.2, -0.15) is 0 Å². The topological polar surface area (TPSA) is 49.4 Å². The fourth-order valence-electron chi connectivity index (χ4n) is 4.05. The van der Waals surface area contributed by atoms with Gasteiger partial charge in [0.15, 0.2) is 0 Å². The highest BCUT2D eigenvalue weighted by Gasteiger charge is 2.41. The molecule has 0 spiro atoms. The van der Waals surface area contributed by atoms with Crippen molar-refractivity contribution in [1.82, 2.24) is 10.2 Å². The SMILES string of the molecule is O=C1NCCCCCCN(C(=O)C2CCC2)C2CCCC12. The second-order valence-electron chi connectivity index (χ2n) is 6.97. The summed E-state index contributed by atoms with van der Waals surface area (Å²) in [6.45, 7) is 1.67. The summed E-state index contributed by atoms with van der Waals surface area (Å²) < 4.78 is 0. The molecule has 3 rings (SSSR count). The molecular weight excluding hydrogens is 264 g/mol. The van der Waals surface area contributed by atoms with Crippen LogP contribution in [0.4, 0.5) is 0 Å². The monoisotopic (exact) mass is 292 g/mol. The molecule has 1 heterocycles. The zero-order valence-corrected chi connectivity index (χ0v) is 13.0. The predicted octanol–water partition coefficient (Wildman–Crippen LogP) is 2.47. The molecule has 2 saturated carbocycles. The first-order valence-electron chi connectivity index (χ1n) is 8.85. The highest BCUT2D eigenvalue weighted by molar-refractivity contribution is 5.83. The maximum atomic E-state index is 12.8. The lowest BCUT2D eigenvalue weighted by atomic mass is 9.83. The van der Waals surface area contributed by atoms with E-state index < -0.39 is 0 Å². The molecule has 1 saturated heterocycles. The molecule has 2 aliphatic carbocycles. The Labute approximate surface area is 127 Å². The molecule has 3 fully saturated rings. The molecule has 0 bridgehead atoms. The third kappa shape index (κ3) is 3.24. The highest BCUT2D eigenvalue weighted by Crippen LogP contribution is 2.35. The summed E-state index contributed by atoms with van der Waals surface area (Å²) in [5, 5.41) is 3.09. The number of carbonyl (C=O) groups is 2. The van der Waals surface area contributed by atoms with Gasteiger partial charge in [-0.15, -0.1) is 0 Å². The molecule has 0 aromatic carbocycles. The first kappa shape index (κ1) is 14.9. The predicted molar refractivity (Wildman–Crippen MR) is 81.7 cm³/mol. The number of fused-ring (bicyclic) bond motifs is 1. The molecule has 3 aliphatic rings.